The van der Waals surface area contributed by atoms with Gasteiger partial charge < -0.3 is 38.9 Å². The van der Waals surface area contributed by atoms with E-state index in [0.717, 1.165) is 30.0 Å². The molecule has 0 bridgehead atoms. The summed E-state index contributed by atoms with van der Waals surface area (Å²) in [6.45, 7) is 0.173. The molecule has 0 aromatic heterocycles. The monoisotopic (exact) mass is 892 g/mol. The molecule has 4 rings (SSSR count). The van der Waals surface area contributed by atoms with Gasteiger partial charge in [0.1, 0.15) is 45.1 Å². The van der Waals surface area contributed by atoms with Crippen molar-refractivity contribution in [2.45, 2.75) is 19.6 Å². The first-order valence-electron chi connectivity index (χ1n) is 15.1. The number of nitrogens with two attached hydrogens (primary N) is 1. The third kappa shape index (κ3) is 12.0. The van der Waals surface area contributed by atoms with Crippen LogP contribution in [-0.2, 0) is 38.8 Å². The third-order valence-corrected chi connectivity index (χ3v) is 11.3. The largest absolute Gasteiger partial charge is 0.505 e. The molecule has 0 aliphatic carbocycles. The van der Waals surface area contributed by atoms with Gasteiger partial charge in [0.15, 0.2) is 21.7 Å². The molecule has 27 heteroatoms. The lowest BCUT2D eigenvalue weighted by Crippen LogP contribution is -2.22. The highest BCUT2D eigenvalue weighted by atomic mass is 32.3. The first-order chi connectivity index (χ1) is 26.8. The zero-order valence-electron chi connectivity index (χ0n) is 29.7. The average molecular weight is 893 g/mol. The van der Waals surface area contributed by atoms with Crippen molar-refractivity contribution >= 4 is 94.1 Å². The van der Waals surface area contributed by atoms with E-state index < -0.39 is 41.8 Å². The van der Waals surface area contributed by atoms with Gasteiger partial charge in [-0.15, -0.1) is 24.8 Å². The smallest absolute Gasteiger partial charge is 0.433 e. The number of azo groups is 2. The normalized spacial score (nSPS) is 12.7. The SMILES string of the molecule is COc1cc(SC#COOS(=O)(=O)O)c(OC)cc1N=Nc1c(SOOO)cc2c(N=Nc3ccc(S(=O)(=O)CCN(C)C)cc3S(O)(O)O)c(N)ccc2c1O. The molecule has 0 aliphatic heterocycles. The van der Waals surface area contributed by atoms with E-state index in [4.69, 9.17) is 25.0 Å². The van der Waals surface area contributed by atoms with Crippen molar-refractivity contribution in [2.75, 3.05) is 46.3 Å². The van der Waals surface area contributed by atoms with Crippen molar-refractivity contribution in [3.63, 3.8) is 0 Å². The summed E-state index contributed by atoms with van der Waals surface area (Å²) < 4.78 is 105. The van der Waals surface area contributed by atoms with E-state index in [1.807, 2.05) is 6.11 Å². The number of aromatic hydroxyl groups is 1. The lowest BCUT2D eigenvalue weighted by Gasteiger charge is -2.21. The van der Waals surface area contributed by atoms with Crippen molar-refractivity contribution < 1.29 is 73.5 Å². The second-order valence-corrected chi connectivity index (χ2v) is 17.3. The fraction of sp³-hybridized carbons (Fsp3) is 0.200. The number of hydrogen-bond acceptors (Lipinski definition) is 23. The maximum absolute atomic E-state index is 12.9. The van der Waals surface area contributed by atoms with Gasteiger partial charge in [0, 0.05) is 34.7 Å². The zero-order chi connectivity index (χ0) is 42.1. The molecule has 0 fully saturated rings. The van der Waals surface area contributed by atoms with Crippen molar-refractivity contribution in [3.8, 4) is 28.6 Å². The highest BCUT2D eigenvalue weighted by Crippen LogP contribution is 2.51. The molecule has 4 aromatic carbocycles. The van der Waals surface area contributed by atoms with Gasteiger partial charge in [0.25, 0.3) is 0 Å². The number of thioether (sulfide) groups is 1. The average Bonchev–Trinajstić information content (AvgIpc) is 3.14. The second kappa shape index (κ2) is 19.3. The molecule has 0 atom stereocenters. The molecule has 4 aromatic rings. The third-order valence-electron chi connectivity index (χ3n) is 7.13. The Kier molecular flexibility index (Phi) is 15.3. The number of nitrogen functional groups attached to an aromatic ring is 1. The molecule has 308 valence electrons. The minimum Gasteiger partial charge on any atom is -0.505 e. The van der Waals surface area contributed by atoms with Crippen molar-refractivity contribution in [3.05, 3.63) is 48.5 Å². The molecule has 0 radical (unpaired) electrons. The first kappa shape index (κ1) is 45.2. The fourth-order valence-electron chi connectivity index (χ4n) is 4.53. The summed E-state index contributed by atoms with van der Waals surface area (Å²) in [5.74, 6) is -0.493. The summed E-state index contributed by atoms with van der Waals surface area (Å²) in [7, 11) is -7.31. The quantitative estimate of drug-likeness (QED) is 0.00813. The number of rotatable bonds is 17. The van der Waals surface area contributed by atoms with Crippen molar-refractivity contribution in [1.82, 2.24) is 4.90 Å². The predicted octanol–water partition coefficient (Wildman–Crippen LogP) is 7.08. The highest BCUT2D eigenvalue weighted by molar-refractivity contribution is 8.19. The van der Waals surface area contributed by atoms with Crippen LogP contribution in [0.5, 0.6) is 17.2 Å². The number of ether oxygens (including phenoxy) is 2. The Morgan fingerprint density at radius 2 is 1.51 bits per heavy atom. The number of hydrogen-bond donors (Lipinski definition) is 7. The summed E-state index contributed by atoms with van der Waals surface area (Å²) in [5, 5.41) is 43.2. The van der Waals surface area contributed by atoms with Gasteiger partial charge in [-0.05, 0) is 66.6 Å². The van der Waals surface area contributed by atoms with Crippen LogP contribution in [0.15, 0.2) is 88.6 Å². The highest BCUT2D eigenvalue weighted by Gasteiger charge is 2.26. The zero-order valence-corrected chi connectivity index (χ0v) is 33.7. The van der Waals surface area contributed by atoms with Gasteiger partial charge in [-0.3, -0.25) is 9.44 Å². The van der Waals surface area contributed by atoms with Crippen LogP contribution >= 0.6 is 34.7 Å². The summed E-state index contributed by atoms with van der Waals surface area (Å²) in [4.78, 5) is 5.12. The summed E-state index contributed by atoms with van der Waals surface area (Å²) >= 11 is 1.18. The van der Waals surface area contributed by atoms with Gasteiger partial charge in [0.2, 0.25) is 0 Å². The number of sulfone groups is 1. The summed E-state index contributed by atoms with van der Waals surface area (Å²) in [6.07, 6.45) is 1.90. The van der Waals surface area contributed by atoms with Crippen LogP contribution in [-0.4, -0.2) is 90.9 Å². The summed E-state index contributed by atoms with van der Waals surface area (Å²) in [5.41, 5.74) is 5.69. The van der Waals surface area contributed by atoms with Crippen molar-refractivity contribution in [1.29, 1.82) is 0 Å². The van der Waals surface area contributed by atoms with E-state index >= 15 is 0 Å². The van der Waals surface area contributed by atoms with Crippen molar-refractivity contribution in [2.24, 2.45) is 20.5 Å². The van der Waals surface area contributed by atoms with Gasteiger partial charge in [-0.1, -0.05) is 5.04 Å². The van der Waals surface area contributed by atoms with Gasteiger partial charge in [-0.25, -0.2) is 13.7 Å². The maximum Gasteiger partial charge on any atom is 0.433 e. The van der Waals surface area contributed by atoms with Crippen LogP contribution in [0, 0.1) is 11.4 Å². The Bertz CT molecular complexity index is 2470. The fourth-order valence-corrected chi connectivity index (χ4v) is 7.89. The van der Waals surface area contributed by atoms with E-state index in [-0.39, 0.29) is 72.8 Å². The Labute approximate surface area is 334 Å². The molecular formula is C30H32N6O16S5. The number of benzene rings is 4. The Hall–Kier alpha value is -4.51. The summed E-state index contributed by atoms with van der Waals surface area (Å²) in [6, 6.07) is 10.1. The molecule has 0 unspecified atom stereocenters. The maximum atomic E-state index is 12.9. The molecule has 0 saturated carbocycles. The number of phenols is 1. The van der Waals surface area contributed by atoms with Crippen LogP contribution in [0.1, 0.15) is 0 Å². The van der Waals surface area contributed by atoms with Gasteiger partial charge >= 0.3 is 10.4 Å². The van der Waals surface area contributed by atoms with E-state index in [0.29, 0.717) is 16.9 Å². The number of anilines is 1. The minimum atomic E-state index is -4.88. The number of methoxy groups -OCH3 is 2. The number of phenolic OH excluding ortho intramolecular Hbond substituents is 1. The van der Waals surface area contributed by atoms with E-state index in [9.17, 15) is 35.6 Å². The molecule has 57 heavy (non-hydrogen) atoms. The number of fused-ring (bicyclic) bond motifs is 1. The molecular weight excluding hydrogens is 861 g/mol. The lowest BCUT2D eigenvalue weighted by atomic mass is 10.1. The Morgan fingerprint density at radius 3 is 2.14 bits per heavy atom. The van der Waals surface area contributed by atoms with E-state index in [2.05, 4.69) is 44.3 Å². The van der Waals surface area contributed by atoms with Crippen LogP contribution < -0.4 is 15.2 Å². The van der Waals surface area contributed by atoms with Gasteiger partial charge in [-0.2, -0.15) is 8.42 Å². The second-order valence-electron chi connectivity index (χ2n) is 11.1. The number of nitrogens with zero attached hydrogens (tertiary/aromatic N) is 5. The molecule has 8 N–H and O–H groups in total. The topological polar surface area (TPSA) is 324 Å². The van der Waals surface area contributed by atoms with Crippen LogP contribution in [0.4, 0.5) is 28.4 Å². The molecule has 0 spiro atoms. The van der Waals surface area contributed by atoms with Crippen LogP contribution in [0.25, 0.3) is 10.8 Å². The molecule has 0 saturated heterocycles. The van der Waals surface area contributed by atoms with Gasteiger partial charge in [0.05, 0.1) is 57.3 Å². The van der Waals surface area contributed by atoms with E-state index in [1.165, 1.54) is 44.6 Å². The molecule has 0 aliphatic rings. The molecule has 0 heterocycles. The standard InChI is InChI=1S/C30H32N6O16S5/c1-36(2)9-12-55(39,40)17-5-8-21(27(13-17)56(41,42)43)32-34-28-19-14-26(54-51-50-38)29(30(37)18(19)6-7-20(28)31)35-33-22-15-24(48-4)25(16-23(22)47-3)53-11-10-49-52-57(44,45)46/h5-8,13-16,37-38,41-43H,9,12,31H2,1-4H3,(H,44,45,46). The van der Waals surface area contributed by atoms with Crippen LogP contribution in [0.2, 0.25) is 0 Å². The van der Waals surface area contributed by atoms with E-state index in [1.54, 1.807) is 19.0 Å². The molecule has 22 nitrogen and oxygen atoms in total. The van der Waals surface area contributed by atoms with Crippen LogP contribution in [0.3, 0.4) is 0 Å². The Balaban J connectivity index is 1.78. The minimum absolute atomic E-state index is 0.00680. The molecule has 0 amide bonds. The predicted molar refractivity (Wildman–Crippen MR) is 207 cm³/mol. The first-order valence-corrected chi connectivity index (χ1v) is 21.2. The Morgan fingerprint density at radius 1 is 0.825 bits per heavy atom. The lowest BCUT2D eigenvalue weighted by molar-refractivity contribution is -0.432.